The van der Waals surface area contributed by atoms with Crippen molar-refractivity contribution < 1.29 is 29.0 Å². The number of carbonyl (C=O) groups excluding carboxylic acids is 4. The van der Waals surface area contributed by atoms with Gasteiger partial charge < -0.3 is 9.84 Å². The molecule has 2 saturated heterocycles. The van der Waals surface area contributed by atoms with E-state index in [4.69, 9.17) is 4.74 Å². The number of nitrogens with zero attached hydrogens (tertiary/aromatic N) is 2. The molecule has 0 spiro atoms. The van der Waals surface area contributed by atoms with Crippen molar-refractivity contribution in [3.05, 3.63) is 94.1 Å². The fourth-order valence-corrected chi connectivity index (χ4v) is 8.17. The maximum Gasteiger partial charge on any atom is 0.233 e. The number of piperidine rings is 1. The molecule has 4 atom stereocenters. The largest absolute Gasteiger partial charge is 0.507 e. The molecule has 44 heavy (non-hydrogen) atoms. The van der Waals surface area contributed by atoms with Crippen LogP contribution in [0.4, 0.5) is 0 Å². The minimum absolute atomic E-state index is 0.0463. The molecule has 0 aromatic heterocycles. The summed E-state index contributed by atoms with van der Waals surface area (Å²) in [5.41, 5.74) is 3.68. The Bertz CT molecular complexity index is 1660. The number of carbonyl (C=O) groups is 4. The molecule has 8 heteroatoms. The van der Waals surface area contributed by atoms with Crippen LogP contribution in [0, 0.1) is 17.8 Å². The van der Waals surface area contributed by atoms with Gasteiger partial charge in [0.15, 0.2) is 11.6 Å². The molecule has 0 bridgehead atoms. The summed E-state index contributed by atoms with van der Waals surface area (Å²) in [6.07, 6.45) is 5.43. The minimum Gasteiger partial charge on any atom is -0.507 e. The van der Waals surface area contributed by atoms with Crippen LogP contribution in [0.3, 0.4) is 0 Å². The Morgan fingerprint density at radius 3 is 2.41 bits per heavy atom. The Labute approximate surface area is 256 Å². The number of hydrogen-bond acceptors (Lipinski definition) is 7. The Morgan fingerprint density at radius 1 is 0.955 bits per heavy atom. The second kappa shape index (κ2) is 11.0. The monoisotopic (exact) mass is 592 g/mol. The quantitative estimate of drug-likeness (QED) is 0.310. The van der Waals surface area contributed by atoms with Gasteiger partial charge in [0, 0.05) is 59.9 Å². The van der Waals surface area contributed by atoms with E-state index in [1.54, 1.807) is 19.1 Å². The summed E-state index contributed by atoms with van der Waals surface area (Å²) in [7, 11) is 1.51. The van der Waals surface area contributed by atoms with Gasteiger partial charge in [-0.05, 0) is 56.2 Å². The minimum atomic E-state index is -0.686. The van der Waals surface area contributed by atoms with Crippen LogP contribution >= 0.6 is 0 Å². The number of hydrogen-bond donors (Lipinski definition) is 1. The van der Waals surface area contributed by atoms with Crippen molar-refractivity contribution in [3.8, 4) is 11.5 Å². The predicted octanol–water partition coefficient (Wildman–Crippen LogP) is 4.49. The fourth-order valence-electron chi connectivity index (χ4n) is 8.17. The molecule has 2 aliphatic heterocycles. The van der Waals surface area contributed by atoms with Crippen LogP contribution in [0.25, 0.3) is 0 Å². The number of fused-ring (bicyclic) bond motifs is 3. The first-order valence-corrected chi connectivity index (χ1v) is 15.5. The van der Waals surface area contributed by atoms with Crippen LogP contribution < -0.4 is 4.74 Å². The normalized spacial score (nSPS) is 27.5. The van der Waals surface area contributed by atoms with Gasteiger partial charge in [-0.1, -0.05) is 48.0 Å². The lowest BCUT2D eigenvalue weighted by atomic mass is 9.59. The molecule has 8 nitrogen and oxygen atoms in total. The number of methoxy groups -OCH3 is 1. The van der Waals surface area contributed by atoms with Gasteiger partial charge in [-0.2, -0.15) is 0 Å². The van der Waals surface area contributed by atoms with Crippen molar-refractivity contribution >= 4 is 23.4 Å². The van der Waals surface area contributed by atoms with Crippen LogP contribution in [0.15, 0.2) is 83.0 Å². The second-order valence-corrected chi connectivity index (χ2v) is 12.7. The number of benzene rings is 2. The first kappa shape index (κ1) is 28.5. The zero-order valence-corrected chi connectivity index (χ0v) is 25.0. The molecule has 2 aromatic rings. The third-order valence-electron chi connectivity index (χ3n) is 10.3. The highest BCUT2D eigenvalue weighted by Gasteiger charge is 2.57. The molecule has 226 valence electrons. The van der Waals surface area contributed by atoms with E-state index in [-0.39, 0.29) is 41.6 Å². The molecule has 2 amide bonds. The van der Waals surface area contributed by atoms with Gasteiger partial charge in [-0.25, -0.2) is 0 Å². The molecular formula is C36H36N2O6. The number of imide groups is 1. The van der Waals surface area contributed by atoms with E-state index in [0.29, 0.717) is 34.5 Å². The SMILES string of the molecule is COc1ccc([C@H]2C3=CC[C@@H]4C(=O)N(C5CCN(Cc6ccccc6)CC5)C(=O)[C@@H]4[C@@H]3CC3=C2C(=O)C(C)=CC3=O)c(O)c1. The Balaban J connectivity index is 1.19. The number of ether oxygens (including phenoxy) is 1. The second-order valence-electron chi connectivity index (χ2n) is 12.7. The number of allylic oxidation sites excluding steroid dienone is 6. The molecule has 3 aliphatic carbocycles. The molecule has 7 rings (SSSR count). The topological polar surface area (TPSA) is 104 Å². The lowest BCUT2D eigenvalue weighted by Crippen LogP contribution is -2.47. The summed E-state index contributed by atoms with van der Waals surface area (Å²) in [6.45, 7) is 4.08. The van der Waals surface area contributed by atoms with Crippen LogP contribution in [-0.4, -0.2) is 64.5 Å². The van der Waals surface area contributed by atoms with E-state index in [2.05, 4.69) is 17.0 Å². The first-order chi connectivity index (χ1) is 21.3. The number of amides is 2. The van der Waals surface area contributed by atoms with E-state index in [1.807, 2.05) is 24.3 Å². The lowest BCUT2D eigenvalue weighted by molar-refractivity contribution is -0.144. The summed E-state index contributed by atoms with van der Waals surface area (Å²) in [4.78, 5) is 59.0. The molecule has 2 heterocycles. The van der Waals surface area contributed by atoms with Crippen LogP contribution in [0.1, 0.15) is 49.7 Å². The molecular weight excluding hydrogens is 556 g/mol. The predicted molar refractivity (Wildman–Crippen MR) is 163 cm³/mol. The first-order valence-electron chi connectivity index (χ1n) is 15.5. The molecule has 0 radical (unpaired) electrons. The van der Waals surface area contributed by atoms with Gasteiger partial charge in [0.1, 0.15) is 11.5 Å². The Kier molecular flexibility index (Phi) is 7.12. The zero-order chi connectivity index (χ0) is 30.7. The smallest absolute Gasteiger partial charge is 0.233 e. The van der Waals surface area contributed by atoms with Crippen LogP contribution in [0.5, 0.6) is 11.5 Å². The maximum atomic E-state index is 14.2. The van der Waals surface area contributed by atoms with E-state index in [0.717, 1.165) is 38.0 Å². The van der Waals surface area contributed by atoms with Gasteiger partial charge in [0.2, 0.25) is 11.8 Å². The van der Waals surface area contributed by atoms with Crippen molar-refractivity contribution in [1.82, 2.24) is 9.80 Å². The van der Waals surface area contributed by atoms with Gasteiger partial charge in [0.25, 0.3) is 0 Å². The Hall–Kier alpha value is -4.30. The highest BCUT2D eigenvalue weighted by Crippen LogP contribution is 2.56. The molecule has 2 fully saturated rings. The summed E-state index contributed by atoms with van der Waals surface area (Å²) >= 11 is 0. The maximum absolute atomic E-state index is 14.2. The molecule has 2 aromatic carbocycles. The number of likely N-dealkylation sites (tertiary alicyclic amines) is 2. The highest BCUT2D eigenvalue weighted by molar-refractivity contribution is 6.24. The van der Waals surface area contributed by atoms with Gasteiger partial charge in [-0.3, -0.25) is 29.0 Å². The summed E-state index contributed by atoms with van der Waals surface area (Å²) < 4.78 is 5.29. The summed E-state index contributed by atoms with van der Waals surface area (Å²) in [6, 6.07) is 15.1. The van der Waals surface area contributed by atoms with Crippen molar-refractivity contribution in [2.75, 3.05) is 20.2 Å². The summed E-state index contributed by atoms with van der Waals surface area (Å²) in [5.74, 6) is -2.52. The molecule has 1 N–H and O–H groups in total. The number of rotatable bonds is 5. The zero-order valence-electron chi connectivity index (χ0n) is 25.0. The number of phenols is 1. The fraction of sp³-hybridized carbons (Fsp3) is 0.389. The highest BCUT2D eigenvalue weighted by atomic mass is 16.5. The van der Waals surface area contributed by atoms with Crippen molar-refractivity contribution in [3.63, 3.8) is 0 Å². The molecule has 0 saturated carbocycles. The van der Waals surface area contributed by atoms with E-state index in [9.17, 15) is 24.3 Å². The van der Waals surface area contributed by atoms with Crippen LogP contribution in [-0.2, 0) is 25.7 Å². The standard InChI is InChI=1S/C36H36N2O6/c1-20-16-29(39)28-18-27-24(31(33(28)34(20)41)25-9-8-23(44-2)17-30(25)40)10-11-26-32(27)36(43)38(35(26)42)22-12-14-37(15-13-22)19-21-6-4-3-5-7-21/h3-10,16-17,22,26-27,31-32,40H,11-15,18-19H2,1-2H3/t26-,27+,31+,32-/m0/s1. The van der Waals surface area contributed by atoms with E-state index >= 15 is 0 Å². The number of ketones is 2. The number of aromatic hydroxyl groups is 1. The Morgan fingerprint density at radius 2 is 1.70 bits per heavy atom. The average molecular weight is 593 g/mol. The molecule has 0 unspecified atom stereocenters. The van der Waals surface area contributed by atoms with Gasteiger partial charge >= 0.3 is 0 Å². The van der Waals surface area contributed by atoms with E-state index < -0.39 is 23.7 Å². The van der Waals surface area contributed by atoms with Gasteiger partial charge in [-0.15, -0.1) is 0 Å². The molecule has 5 aliphatic rings. The number of Topliss-reactive ketones (excluding diaryl/α,β-unsaturated/α-hetero) is 1. The van der Waals surface area contributed by atoms with Crippen LogP contribution in [0.2, 0.25) is 0 Å². The summed E-state index contributed by atoms with van der Waals surface area (Å²) in [5, 5.41) is 11.1. The van der Waals surface area contributed by atoms with Crippen molar-refractivity contribution in [2.45, 2.75) is 51.1 Å². The van der Waals surface area contributed by atoms with Gasteiger partial charge in [0.05, 0.1) is 18.9 Å². The van der Waals surface area contributed by atoms with Crippen molar-refractivity contribution in [1.29, 1.82) is 0 Å². The van der Waals surface area contributed by atoms with Crippen molar-refractivity contribution in [2.24, 2.45) is 17.8 Å². The lowest BCUT2D eigenvalue weighted by Gasteiger charge is -2.42. The third kappa shape index (κ3) is 4.54. The average Bonchev–Trinajstić information content (AvgIpc) is 3.29. The number of phenolic OH excluding ortho intramolecular Hbond substituents is 1. The van der Waals surface area contributed by atoms with E-state index in [1.165, 1.54) is 29.7 Å². The third-order valence-corrected chi connectivity index (χ3v) is 10.3.